The van der Waals surface area contributed by atoms with Crippen LogP contribution in [0, 0.1) is 0 Å². The van der Waals surface area contributed by atoms with Crippen LogP contribution in [0.15, 0.2) is 16.9 Å². The monoisotopic (exact) mass is 400 g/mol. The highest BCUT2D eigenvalue weighted by atomic mass is 79.9. The van der Waals surface area contributed by atoms with Crippen molar-refractivity contribution in [1.82, 2.24) is 14.9 Å². The van der Waals surface area contributed by atoms with Crippen LogP contribution in [-0.2, 0) is 0 Å². The highest BCUT2D eigenvalue weighted by Gasteiger charge is 2.24. The number of aromatic nitrogens is 2. The molecule has 0 saturated heterocycles. The highest BCUT2D eigenvalue weighted by molar-refractivity contribution is 9.10. The molecule has 0 unspecified atom stereocenters. The van der Waals surface area contributed by atoms with Gasteiger partial charge in [0.05, 0.1) is 22.5 Å². The van der Waals surface area contributed by atoms with E-state index in [0.29, 0.717) is 47.3 Å². The normalized spacial score (nSPS) is 13.6. The van der Waals surface area contributed by atoms with E-state index < -0.39 is 6.09 Å². The first-order valence-corrected chi connectivity index (χ1v) is 8.10. The van der Waals surface area contributed by atoms with Crippen LogP contribution >= 0.6 is 27.5 Å². The van der Waals surface area contributed by atoms with Crippen molar-refractivity contribution in [3.8, 4) is 5.75 Å². The fourth-order valence-corrected chi connectivity index (χ4v) is 3.04. The van der Waals surface area contributed by atoms with E-state index in [1.807, 2.05) is 11.0 Å². The third-order valence-corrected chi connectivity index (χ3v) is 4.92. The second kappa shape index (κ2) is 6.37. The first kappa shape index (κ1) is 16.1. The molecule has 9 heteroatoms. The molecule has 7 nitrogen and oxygen atoms in total. The molecule has 1 aromatic carbocycles. The van der Waals surface area contributed by atoms with E-state index in [0.717, 1.165) is 10.9 Å². The lowest BCUT2D eigenvalue weighted by Gasteiger charge is -2.24. The zero-order valence-corrected chi connectivity index (χ0v) is 14.6. The number of rotatable bonds is 3. The van der Waals surface area contributed by atoms with Crippen molar-refractivity contribution in [2.45, 2.75) is 0 Å². The van der Waals surface area contributed by atoms with Gasteiger partial charge in [0.15, 0.2) is 5.75 Å². The Kier molecular flexibility index (Phi) is 4.45. The number of hydrogen-bond donors (Lipinski definition) is 1. The van der Waals surface area contributed by atoms with E-state index in [-0.39, 0.29) is 0 Å². The van der Waals surface area contributed by atoms with E-state index in [1.54, 1.807) is 0 Å². The van der Waals surface area contributed by atoms with Crippen molar-refractivity contribution in [1.29, 1.82) is 0 Å². The molecule has 2 aromatic rings. The molecule has 122 valence electrons. The van der Waals surface area contributed by atoms with Crippen molar-refractivity contribution in [3.05, 3.63) is 21.9 Å². The molecular weight excluding hydrogens is 388 g/mol. The third kappa shape index (κ3) is 3.00. The molecule has 0 saturated carbocycles. The summed E-state index contributed by atoms with van der Waals surface area (Å²) < 4.78 is 6.52. The van der Waals surface area contributed by atoms with Crippen molar-refractivity contribution < 1.29 is 14.6 Å². The van der Waals surface area contributed by atoms with Gasteiger partial charge in [0.25, 0.3) is 0 Å². The average molecular weight is 402 g/mol. The molecule has 1 N–H and O–H groups in total. The summed E-state index contributed by atoms with van der Waals surface area (Å²) in [6.07, 6.45) is 0.525. The molecule has 0 atom stereocenters. The topological polar surface area (TPSA) is 78.8 Å². The molecule has 3 rings (SSSR count). The maximum atomic E-state index is 10.9. The van der Waals surface area contributed by atoms with Crippen LogP contribution in [0.2, 0.25) is 5.02 Å². The maximum Gasteiger partial charge on any atom is 0.407 e. The molecule has 1 aromatic heterocycles. The van der Waals surface area contributed by atoms with E-state index in [1.165, 1.54) is 18.3 Å². The van der Waals surface area contributed by atoms with Gasteiger partial charge >= 0.3 is 6.09 Å². The van der Waals surface area contributed by atoms with Gasteiger partial charge < -0.3 is 19.6 Å². The van der Waals surface area contributed by atoms with Crippen LogP contribution in [0.4, 0.5) is 10.6 Å². The summed E-state index contributed by atoms with van der Waals surface area (Å²) in [4.78, 5) is 22.8. The maximum absolute atomic E-state index is 10.9. The fraction of sp³-hybridized carbons (Fsp3) is 0.357. The number of nitrogens with zero attached hydrogens (tertiary/aromatic N) is 4. The second-order valence-electron chi connectivity index (χ2n) is 5.13. The molecule has 0 bridgehead atoms. The number of anilines is 1. The quantitative estimate of drug-likeness (QED) is 0.852. The van der Waals surface area contributed by atoms with Crippen LogP contribution in [0.25, 0.3) is 10.9 Å². The van der Waals surface area contributed by atoms with E-state index in [4.69, 9.17) is 21.4 Å². The molecule has 0 radical (unpaired) electrons. The number of ether oxygens (including phenoxy) is 1. The third-order valence-electron chi connectivity index (χ3n) is 3.70. The number of carboxylic acid groups (broad SMARTS) is 1. The van der Waals surface area contributed by atoms with Gasteiger partial charge in [-0.05, 0) is 22.0 Å². The lowest BCUT2D eigenvalue weighted by atomic mass is 10.2. The average Bonchev–Trinajstić information content (AvgIpc) is 2.71. The Bertz CT molecular complexity index is 773. The molecule has 0 spiro atoms. The lowest BCUT2D eigenvalue weighted by molar-refractivity contribution is 0.157. The number of halogens is 2. The van der Waals surface area contributed by atoms with E-state index in [2.05, 4.69) is 25.9 Å². The van der Waals surface area contributed by atoms with Gasteiger partial charge in [-0.3, -0.25) is 0 Å². The first-order valence-electron chi connectivity index (χ1n) is 6.93. The van der Waals surface area contributed by atoms with Crippen molar-refractivity contribution >= 4 is 50.3 Å². The summed E-state index contributed by atoms with van der Waals surface area (Å²) in [5.74, 6) is 1.26. The summed E-state index contributed by atoms with van der Waals surface area (Å²) in [6.45, 7) is 1.88. The summed E-state index contributed by atoms with van der Waals surface area (Å²) in [7, 11) is 1.54. The Balaban J connectivity index is 2.03. The molecular formula is C14H14BrClN4O3. The standard InChI is InChI=1S/C14H14BrClN4O3/c1-19(14(21)22)2-3-20-4-5-23-12-10-9(6-8(15)11(12)16)17-7-18-13(10)20/h6-7H,2-5H2,1H3,(H,21,22). The van der Waals surface area contributed by atoms with E-state index in [9.17, 15) is 4.79 Å². The van der Waals surface area contributed by atoms with Crippen LogP contribution < -0.4 is 9.64 Å². The molecule has 1 amide bonds. The predicted octanol–water partition coefficient (Wildman–Crippen LogP) is 2.85. The largest absolute Gasteiger partial charge is 0.489 e. The van der Waals surface area contributed by atoms with Crippen LogP contribution in [-0.4, -0.2) is 59.4 Å². The SMILES string of the molecule is CN(CCN1CCOc2c(Cl)c(Br)cc3ncnc1c23)C(=O)O. The summed E-state index contributed by atoms with van der Waals surface area (Å²) in [5.41, 5.74) is 0.722. The Labute approximate surface area is 145 Å². The van der Waals surface area contributed by atoms with Gasteiger partial charge in [0.2, 0.25) is 0 Å². The Hall–Kier alpha value is -1.80. The summed E-state index contributed by atoms with van der Waals surface area (Å²) in [6, 6.07) is 1.82. The van der Waals surface area contributed by atoms with E-state index >= 15 is 0 Å². The molecule has 1 aliphatic heterocycles. The summed E-state index contributed by atoms with van der Waals surface area (Å²) in [5, 5.41) is 10.2. The molecule has 23 heavy (non-hydrogen) atoms. The number of benzene rings is 1. The van der Waals surface area contributed by atoms with Crippen molar-refractivity contribution in [2.24, 2.45) is 0 Å². The van der Waals surface area contributed by atoms with Crippen LogP contribution in [0.5, 0.6) is 5.75 Å². The smallest absolute Gasteiger partial charge is 0.407 e. The van der Waals surface area contributed by atoms with Gasteiger partial charge in [0, 0.05) is 24.6 Å². The summed E-state index contributed by atoms with van der Waals surface area (Å²) >= 11 is 9.74. The van der Waals surface area contributed by atoms with Crippen LogP contribution in [0.3, 0.4) is 0 Å². The minimum absolute atomic E-state index is 0.362. The van der Waals surface area contributed by atoms with Gasteiger partial charge in [-0.15, -0.1) is 0 Å². The number of hydrogen-bond acceptors (Lipinski definition) is 5. The van der Waals surface area contributed by atoms with Gasteiger partial charge in [-0.2, -0.15) is 0 Å². The Morgan fingerprint density at radius 3 is 3.09 bits per heavy atom. The minimum Gasteiger partial charge on any atom is -0.489 e. The number of carbonyl (C=O) groups is 1. The van der Waals surface area contributed by atoms with Crippen molar-refractivity contribution in [2.75, 3.05) is 38.2 Å². The molecule has 0 aliphatic carbocycles. The predicted molar refractivity (Wildman–Crippen MR) is 90.6 cm³/mol. The molecule has 0 fully saturated rings. The second-order valence-corrected chi connectivity index (χ2v) is 6.36. The first-order chi connectivity index (χ1) is 11.0. The van der Waals surface area contributed by atoms with Crippen molar-refractivity contribution in [3.63, 3.8) is 0 Å². The van der Waals surface area contributed by atoms with Gasteiger partial charge in [-0.25, -0.2) is 14.8 Å². The Morgan fingerprint density at radius 2 is 2.35 bits per heavy atom. The Morgan fingerprint density at radius 1 is 1.57 bits per heavy atom. The minimum atomic E-state index is -0.962. The van der Waals surface area contributed by atoms with Gasteiger partial charge in [-0.1, -0.05) is 11.6 Å². The van der Waals surface area contributed by atoms with Crippen LogP contribution in [0.1, 0.15) is 0 Å². The molecule has 1 aliphatic rings. The zero-order chi connectivity index (χ0) is 16.6. The van der Waals surface area contributed by atoms with Gasteiger partial charge in [0.1, 0.15) is 18.8 Å². The fourth-order valence-electron chi connectivity index (χ4n) is 2.44. The highest BCUT2D eigenvalue weighted by Crippen LogP contribution is 2.43. The zero-order valence-electron chi connectivity index (χ0n) is 12.3. The lowest BCUT2D eigenvalue weighted by Crippen LogP contribution is -2.37. The molecule has 2 heterocycles. The number of amides is 1. The number of likely N-dealkylation sites (N-methyl/N-ethyl adjacent to an activating group) is 1.